The Hall–Kier alpha value is -1.77. The highest BCUT2D eigenvalue weighted by atomic mass is 15.1. The van der Waals surface area contributed by atoms with E-state index in [0.29, 0.717) is 0 Å². The average molecular weight is 213 g/mol. The molecule has 0 spiro atoms. The van der Waals surface area contributed by atoms with Gasteiger partial charge >= 0.3 is 0 Å². The molecule has 0 atom stereocenters. The van der Waals surface area contributed by atoms with Crippen LogP contribution in [0.3, 0.4) is 0 Å². The minimum absolute atomic E-state index is 1.15. The number of hydrogen-bond acceptors (Lipinski definition) is 2. The van der Waals surface area contributed by atoms with Crippen LogP contribution in [-0.2, 0) is 0 Å². The topological polar surface area (TPSA) is 31.9 Å². The fraction of sp³-hybridized carbons (Fsp3) is 0.308. The minimum atomic E-state index is 1.15. The fourth-order valence-corrected chi connectivity index (χ4v) is 2.25. The van der Waals surface area contributed by atoms with E-state index in [2.05, 4.69) is 39.4 Å². The number of benzene rings is 1. The maximum atomic E-state index is 3.96. The van der Waals surface area contributed by atoms with E-state index in [1.165, 1.54) is 37.2 Å². The van der Waals surface area contributed by atoms with Crippen LogP contribution < -0.4 is 4.90 Å². The van der Waals surface area contributed by atoms with E-state index in [9.17, 15) is 0 Å². The van der Waals surface area contributed by atoms with Crippen molar-refractivity contribution >= 4 is 5.69 Å². The van der Waals surface area contributed by atoms with Gasteiger partial charge in [0, 0.05) is 30.5 Å². The summed E-state index contributed by atoms with van der Waals surface area (Å²) in [6.45, 7) is 2.40. The van der Waals surface area contributed by atoms with E-state index in [-0.39, 0.29) is 0 Å². The third-order valence-corrected chi connectivity index (χ3v) is 3.17. The van der Waals surface area contributed by atoms with Crippen LogP contribution >= 0.6 is 0 Å². The third-order valence-electron chi connectivity index (χ3n) is 3.17. The van der Waals surface area contributed by atoms with E-state index in [4.69, 9.17) is 0 Å². The fourth-order valence-electron chi connectivity index (χ4n) is 2.25. The van der Waals surface area contributed by atoms with E-state index in [1.807, 2.05) is 12.4 Å². The Morgan fingerprint density at radius 3 is 2.38 bits per heavy atom. The minimum Gasteiger partial charge on any atom is -0.372 e. The molecule has 3 rings (SSSR count). The van der Waals surface area contributed by atoms with Gasteiger partial charge in [-0.1, -0.05) is 12.1 Å². The van der Waals surface area contributed by atoms with Crippen molar-refractivity contribution in [3.8, 4) is 11.1 Å². The maximum absolute atomic E-state index is 3.96. The highest BCUT2D eigenvalue weighted by molar-refractivity contribution is 5.65. The number of nitrogens with one attached hydrogen (secondary N) is 1. The predicted octanol–water partition coefficient (Wildman–Crippen LogP) is 2.68. The van der Waals surface area contributed by atoms with Gasteiger partial charge in [-0.25, -0.2) is 0 Å². The predicted molar refractivity (Wildman–Crippen MR) is 65.5 cm³/mol. The lowest BCUT2D eigenvalue weighted by atomic mass is 10.1. The molecule has 0 bridgehead atoms. The van der Waals surface area contributed by atoms with Crippen LogP contribution in [-0.4, -0.2) is 23.3 Å². The van der Waals surface area contributed by atoms with Crippen molar-refractivity contribution in [2.24, 2.45) is 0 Å². The molecule has 1 saturated heterocycles. The smallest absolute Gasteiger partial charge is 0.0565 e. The molecule has 0 radical (unpaired) electrons. The van der Waals surface area contributed by atoms with Crippen LogP contribution in [0.15, 0.2) is 36.7 Å². The zero-order valence-corrected chi connectivity index (χ0v) is 9.19. The summed E-state index contributed by atoms with van der Waals surface area (Å²) in [5.41, 5.74) is 3.70. The zero-order chi connectivity index (χ0) is 10.8. The van der Waals surface area contributed by atoms with Crippen LogP contribution in [0, 0.1) is 0 Å². The van der Waals surface area contributed by atoms with Crippen molar-refractivity contribution in [2.75, 3.05) is 18.0 Å². The molecular formula is C13H15N3. The van der Waals surface area contributed by atoms with Crippen LogP contribution in [0.5, 0.6) is 0 Å². The zero-order valence-electron chi connectivity index (χ0n) is 9.19. The van der Waals surface area contributed by atoms with Crippen molar-refractivity contribution in [1.82, 2.24) is 10.2 Å². The molecule has 1 aromatic heterocycles. The van der Waals surface area contributed by atoms with Crippen molar-refractivity contribution in [2.45, 2.75) is 12.8 Å². The Balaban J connectivity index is 1.84. The Morgan fingerprint density at radius 1 is 1.00 bits per heavy atom. The molecule has 0 saturated carbocycles. The summed E-state index contributed by atoms with van der Waals surface area (Å²) in [5, 5.41) is 6.80. The highest BCUT2D eigenvalue weighted by Gasteiger charge is 2.11. The highest BCUT2D eigenvalue weighted by Crippen LogP contribution is 2.24. The van der Waals surface area contributed by atoms with E-state index in [1.54, 1.807) is 0 Å². The van der Waals surface area contributed by atoms with Crippen LogP contribution in [0.4, 0.5) is 5.69 Å². The first-order valence-electron chi connectivity index (χ1n) is 5.78. The van der Waals surface area contributed by atoms with Crippen LogP contribution in [0.1, 0.15) is 12.8 Å². The van der Waals surface area contributed by atoms with Crippen molar-refractivity contribution in [3.05, 3.63) is 36.7 Å². The second-order valence-electron chi connectivity index (χ2n) is 4.23. The summed E-state index contributed by atoms with van der Waals surface area (Å²) in [4.78, 5) is 2.44. The molecule has 1 aliphatic rings. The monoisotopic (exact) mass is 213 g/mol. The first-order valence-corrected chi connectivity index (χ1v) is 5.78. The number of nitrogens with zero attached hydrogens (tertiary/aromatic N) is 2. The van der Waals surface area contributed by atoms with Gasteiger partial charge in [0.15, 0.2) is 0 Å². The first kappa shape index (κ1) is 9.46. The molecule has 3 nitrogen and oxygen atoms in total. The van der Waals surface area contributed by atoms with Gasteiger partial charge in [0.05, 0.1) is 6.20 Å². The number of anilines is 1. The lowest BCUT2D eigenvalue weighted by Gasteiger charge is -2.17. The second kappa shape index (κ2) is 4.00. The Kier molecular flexibility index (Phi) is 2.37. The van der Waals surface area contributed by atoms with Crippen molar-refractivity contribution < 1.29 is 0 Å². The lowest BCUT2D eigenvalue weighted by molar-refractivity contribution is 0.949. The van der Waals surface area contributed by atoms with Gasteiger partial charge in [0.25, 0.3) is 0 Å². The summed E-state index contributed by atoms with van der Waals surface area (Å²) in [7, 11) is 0. The Bertz CT molecular complexity index is 439. The third kappa shape index (κ3) is 1.69. The largest absolute Gasteiger partial charge is 0.372 e. The maximum Gasteiger partial charge on any atom is 0.0565 e. The quantitative estimate of drug-likeness (QED) is 0.831. The molecule has 1 fully saturated rings. The summed E-state index contributed by atoms with van der Waals surface area (Å²) in [5.74, 6) is 0. The van der Waals surface area contributed by atoms with Gasteiger partial charge in [0.2, 0.25) is 0 Å². The van der Waals surface area contributed by atoms with Gasteiger partial charge in [-0.3, -0.25) is 5.10 Å². The van der Waals surface area contributed by atoms with Gasteiger partial charge in [0.1, 0.15) is 0 Å². The van der Waals surface area contributed by atoms with Gasteiger partial charge in [-0.15, -0.1) is 0 Å². The molecule has 2 heterocycles. The molecule has 2 aromatic rings. The normalized spacial score (nSPS) is 15.6. The molecule has 3 heteroatoms. The molecule has 1 aromatic carbocycles. The summed E-state index contributed by atoms with van der Waals surface area (Å²) >= 11 is 0. The summed E-state index contributed by atoms with van der Waals surface area (Å²) in [6, 6.07) is 8.73. The molecule has 16 heavy (non-hydrogen) atoms. The summed E-state index contributed by atoms with van der Waals surface area (Å²) in [6.07, 6.45) is 6.42. The molecule has 0 unspecified atom stereocenters. The van der Waals surface area contributed by atoms with E-state index < -0.39 is 0 Å². The number of H-pyrrole nitrogens is 1. The molecule has 1 aliphatic heterocycles. The first-order chi connectivity index (χ1) is 7.93. The number of rotatable bonds is 2. The van der Waals surface area contributed by atoms with E-state index >= 15 is 0 Å². The average Bonchev–Trinajstić information content (AvgIpc) is 3.03. The van der Waals surface area contributed by atoms with Gasteiger partial charge < -0.3 is 4.90 Å². The standard InChI is InChI=1S/C13H15N3/c1-2-8-16(7-1)13-5-3-11(4-6-13)12-9-14-15-10-12/h3-6,9-10H,1-2,7-8H2,(H,14,15). The molecular weight excluding hydrogens is 198 g/mol. The molecule has 82 valence electrons. The van der Waals surface area contributed by atoms with Crippen LogP contribution in [0.2, 0.25) is 0 Å². The molecule has 0 amide bonds. The Morgan fingerprint density at radius 2 is 1.75 bits per heavy atom. The van der Waals surface area contributed by atoms with Gasteiger partial charge in [-0.2, -0.15) is 5.10 Å². The number of hydrogen-bond donors (Lipinski definition) is 1. The molecule has 1 N–H and O–H groups in total. The lowest BCUT2D eigenvalue weighted by Crippen LogP contribution is -2.17. The SMILES string of the molecule is c1cc(N2CCCC2)ccc1-c1cn[nH]c1. The van der Waals surface area contributed by atoms with Crippen molar-refractivity contribution in [3.63, 3.8) is 0 Å². The van der Waals surface area contributed by atoms with Crippen LogP contribution in [0.25, 0.3) is 11.1 Å². The van der Waals surface area contributed by atoms with Gasteiger partial charge in [-0.05, 0) is 30.5 Å². The summed E-state index contributed by atoms with van der Waals surface area (Å²) < 4.78 is 0. The Labute approximate surface area is 95.1 Å². The number of aromatic amines is 1. The van der Waals surface area contributed by atoms with E-state index in [0.717, 1.165) is 5.56 Å². The second-order valence-corrected chi connectivity index (χ2v) is 4.23. The van der Waals surface area contributed by atoms with Crippen molar-refractivity contribution in [1.29, 1.82) is 0 Å². The molecule has 0 aliphatic carbocycles. The number of aromatic nitrogens is 2.